The number of hydrogen-bond acceptors (Lipinski definition) is 3. The maximum absolute atomic E-state index is 11.8. The molecule has 0 fully saturated rings. The average Bonchev–Trinajstić information content (AvgIpc) is 2.77. The predicted octanol–water partition coefficient (Wildman–Crippen LogP) is 2.21. The monoisotopic (exact) mass is 284 g/mol. The van der Waals surface area contributed by atoms with Gasteiger partial charge in [-0.2, -0.15) is 10.2 Å². The first kappa shape index (κ1) is 15.0. The number of amides is 1. The van der Waals surface area contributed by atoms with Crippen LogP contribution in [0.15, 0.2) is 35.4 Å². The maximum atomic E-state index is 11.8. The van der Waals surface area contributed by atoms with Crippen LogP contribution in [0.3, 0.4) is 0 Å². The fourth-order valence-electron chi connectivity index (χ4n) is 2.02. The van der Waals surface area contributed by atoms with Crippen molar-refractivity contribution in [2.45, 2.75) is 33.7 Å². The summed E-state index contributed by atoms with van der Waals surface area (Å²) in [7, 11) is 0. The number of nitrogens with one attached hydrogen (secondary N) is 1. The van der Waals surface area contributed by atoms with Gasteiger partial charge in [-0.15, -0.1) is 0 Å². The van der Waals surface area contributed by atoms with Crippen molar-refractivity contribution >= 4 is 12.1 Å². The molecule has 1 heterocycles. The number of hydrazone groups is 1. The number of aryl methyl sites for hydroxylation is 3. The minimum absolute atomic E-state index is 0.172. The molecule has 1 N–H and O–H groups in total. The van der Waals surface area contributed by atoms with Gasteiger partial charge >= 0.3 is 0 Å². The summed E-state index contributed by atoms with van der Waals surface area (Å²) < 4.78 is 1.66. The van der Waals surface area contributed by atoms with E-state index in [9.17, 15) is 4.79 Å². The van der Waals surface area contributed by atoms with Crippen LogP contribution < -0.4 is 5.43 Å². The van der Waals surface area contributed by atoms with E-state index in [1.807, 2.05) is 32.0 Å². The third kappa shape index (κ3) is 4.27. The minimum atomic E-state index is -0.192. The summed E-state index contributed by atoms with van der Waals surface area (Å²) in [5, 5.41) is 8.20. The molecule has 1 aromatic carbocycles. The van der Waals surface area contributed by atoms with Crippen molar-refractivity contribution in [3.8, 4) is 0 Å². The van der Waals surface area contributed by atoms with Gasteiger partial charge in [-0.3, -0.25) is 9.48 Å². The topological polar surface area (TPSA) is 59.3 Å². The number of carbonyl (C=O) groups excluding carboxylic acids is 1. The lowest BCUT2D eigenvalue weighted by atomic mass is 10.1. The number of hydrogen-bond donors (Lipinski definition) is 1. The Hall–Kier alpha value is -2.43. The van der Waals surface area contributed by atoms with Crippen LogP contribution >= 0.6 is 0 Å². The first-order chi connectivity index (χ1) is 10.1. The molecule has 1 aromatic heterocycles. The van der Waals surface area contributed by atoms with Crippen LogP contribution in [-0.2, 0) is 17.8 Å². The van der Waals surface area contributed by atoms with Crippen molar-refractivity contribution in [3.05, 3.63) is 52.8 Å². The highest BCUT2D eigenvalue weighted by Gasteiger charge is 2.05. The third-order valence-electron chi connectivity index (χ3n) is 3.19. The van der Waals surface area contributed by atoms with E-state index in [0.717, 1.165) is 23.4 Å². The highest BCUT2D eigenvalue weighted by molar-refractivity contribution is 5.82. The second kappa shape index (κ2) is 6.83. The Morgan fingerprint density at radius 3 is 2.62 bits per heavy atom. The van der Waals surface area contributed by atoms with E-state index in [4.69, 9.17) is 0 Å². The fraction of sp³-hybridized carbons (Fsp3) is 0.312. The zero-order valence-electron chi connectivity index (χ0n) is 12.6. The molecular formula is C16H20N4O. The van der Waals surface area contributed by atoms with Gasteiger partial charge in [0.1, 0.15) is 6.54 Å². The van der Waals surface area contributed by atoms with Gasteiger partial charge in [0.2, 0.25) is 0 Å². The SMILES string of the molecule is CCc1ccc(/C=N/NC(=O)Cn2nc(C)cc2C)cc1. The number of carbonyl (C=O) groups is 1. The van der Waals surface area contributed by atoms with Gasteiger partial charge < -0.3 is 0 Å². The Labute approximate surface area is 124 Å². The van der Waals surface area contributed by atoms with Crippen LogP contribution in [0, 0.1) is 13.8 Å². The van der Waals surface area contributed by atoms with Gasteiger partial charge in [0.05, 0.1) is 11.9 Å². The summed E-state index contributed by atoms with van der Waals surface area (Å²) >= 11 is 0. The van der Waals surface area contributed by atoms with Crippen LogP contribution in [0.4, 0.5) is 0 Å². The molecule has 0 radical (unpaired) electrons. The number of rotatable bonds is 5. The molecule has 5 nitrogen and oxygen atoms in total. The van der Waals surface area contributed by atoms with Crippen molar-refractivity contribution in [1.29, 1.82) is 0 Å². The zero-order valence-corrected chi connectivity index (χ0v) is 12.6. The van der Waals surface area contributed by atoms with Gasteiger partial charge in [-0.25, -0.2) is 5.43 Å². The highest BCUT2D eigenvalue weighted by atomic mass is 16.2. The number of aromatic nitrogens is 2. The lowest BCUT2D eigenvalue weighted by Gasteiger charge is -2.02. The molecular weight excluding hydrogens is 264 g/mol. The Balaban J connectivity index is 1.88. The van der Waals surface area contributed by atoms with Gasteiger partial charge in [0, 0.05) is 5.69 Å². The number of nitrogens with zero attached hydrogens (tertiary/aromatic N) is 3. The van der Waals surface area contributed by atoms with E-state index >= 15 is 0 Å². The quantitative estimate of drug-likeness (QED) is 0.676. The van der Waals surface area contributed by atoms with E-state index in [1.54, 1.807) is 10.9 Å². The first-order valence-corrected chi connectivity index (χ1v) is 7.00. The van der Waals surface area contributed by atoms with Crippen LogP contribution in [0.5, 0.6) is 0 Å². The molecule has 2 aromatic rings. The molecule has 5 heteroatoms. The molecule has 21 heavy (non-hydrogen) atoms. The third-order valence-corrected chi connectivity index (χ3v) is 3.19. The molecule has 0 aliphatic carbocycles. The fourth-order valence-corrected chi connectivity index (χ4v) is 2.02. The Bertz CT molecular complexity index is 641. The molecule has 0 saturated carbocycles. The molecule has 0 saturated heterocycles. The number of benzene rings is 1. The van der Waals surface area contributed by atoms with Crippen LogP contribution in [0.25, 0.3) is 0 Å². The van der Waals surface area contributed by atoms with E-state index in [2.05, 4.69) is 34.7 Å². The highest BCUT2D eigenvalue weighted by Crippen LogP contribution is 2.03. The Morgan fingerprint density at radius 2 is 2.05 bits per heavy atom. The smallest absolute Gasteiger partial charge is 0.261 e. The second-order valence-corrected chi connectivity index (χ2v) is 4.97. The van der Waals surface area contributed by atoms with Gasteiger partial charge in [0.25, 0.3) is 5.91 Å². The van der Waals surface area contributed by atoms with Crippen LogP contribution in [0.1, 0.15) is 29.4 Å². The molecule has 0 aliphatic heterocycles. The summed E-state index contributed by atoms with van der Waals surface area (Å²) in [6.45, 7) is 6.11. The summed E-state index contributed by atoms with van der Waals surface area (Å²) in [5.74, 6) is -0.192. The van der Waals surface area contributed by atoms with Crippen LogP contribution in [0.2, 0.25) is 0 Å². The van der Waals surface area contributed by atoms with Crippen molar-refractivity contribution in [2.24, 2.45) is 5.10 Å². The van der Waals surface area contributed by atoms with E-state index in [0.29, 0.717) is 0 Å². The normalized spacial score (nSPS) is 11.0. The van der Waals surface area contributed by atoms with E-state index in [1.165, 1.54) is 5.56 Å². The van der Waals surface area contributed by atoms with E-state index in [-0.39, 0.29) is 12.5 Å². The Morgan fingerprint density at radius 1 is 1.33 bits per heavy atom. The minimum Gasteiger partial charge on any atom is -0.271 e. The zero-order chi connectivity index (χ0) is 15.2. The predicted molar refractivity (Wildman–Crippen MR) is 83.3 cm³/mol. The molecule has 110 valence electrons. The van der Waals surface area contributed by atoms with E-state index < -0.39 is 0 Å². The van der Waals surface area contributed by atoms with Crippen LogP contribution in [-0.4, -0.2) is 21.9 Å². The molecule has 0 atom stereocenters. The standard InChI is InChI=1S/C16H20N4O/c1-4-14-5-7-15(8-6-14)10-17-18-16(21)11-20-13(3)9-12(2)19-20/h5-10H,4,11H2,1-3H3,(H,18,21)/b17-10+. The summed E-state index contributed by atoms with van der Waals surface area (Å²) in [5.41, 5.74) is 6.61. The molecule has 1 amide bonds. The van der Waals surface area contributed by atoms with Crippen molar-refractivity contribution in [1.82, 2.24) is 15.2 Å². The first-order valence-electron chi connectivity index (χ1n) is 7.00. The van der Waals surface area contributed by atoms with Gasteiger partial charge in [-0.1, -0.05) is 31.2 Å². The van der Waals surface area contributed by atoms with Crippen molar-refractivity contribution < 1.29 is 4.79 Å². The molecule has 2 rings (SSSR count). The maximum Gasteiger partial charge on any atom is 0.261 e. The lowest BCUT2D eigenvalue weighted by Crippen LogP contribution is -2.24. The molecule has 0 aliphatic rings. The average molecular weight is 284 g/mol. The summed E-state index contributed by atoms with van der Waals surface area (Å²) in [6.07, 6.45) is 2.65. The van der Waals surface area contributed by atoms with Gasteiger partial charge in [-0.05, 0) is 37.5 Å². The summed E-state index contributed by atoms with van der Waals surface area (Å²) in [6, 6.07) is 10.0. The lowest BCUT2D eigenvalue weighted by molar-refractivity contribution is -0.121. The van der Waals surface area contributed by atoms with Crippen molar-refractivity contribution in [3.63, 3.8) is 0 Å². The van der Waals surface area contributed by atoms with Crippen molar-refractivity contribution in [2.75, 3.05) is 0 Å². The molecule has 0 bridgehead atoms. The Kier molecular flexibility index (Phi) is 4.87. The molecule has 0 unspecified atom stereocenters. The van der Waals surface area contributed by atoms with Gasteiger partial charge in [0.15, 0.2) is 0 Å². The summed E-state index contributed by atoms with van der Waals surface area (Å²) in [4.78, 5) is 11.8. The molecule has 0 spiro atoms. The second-order valence-electron chi connectivity index (χ2n) is 4.97. The largest absolute Gasteiger partial charge is 0.271 e.